The van der Waals surface area contributed by atoms with Gasteiger partial charge in [0.2, 0.25) is 0 Å². The molecule has 0 radical (unpaired) electrons. The fraction of sp³-hybridized carbons (Fsp3) is 0.222. The van der Waals surface area contributed by atoms with Gasteiger partial charge in [0.15, 0.2) is 16.3 Å². The van der Waals surface area contributed by atoms with Crippen LogP contribution in [0.4, 0.5) is 4.39 Å². The van der Waals surface area contributed by atoms with Gasteiger partial charge in [-0.3, -0.25) is 9.36 Å². The molecule has 2 heterocycles. The van der Waals surface area contributed by atoms with Crippen LogP contribution in [0.25, 0.3) is 6.08 Å². The van der Waals surface area contributed by atoms with Crippen molar-refractivity contribution in [2.45, 2.75) is 19.9 Å². The molecule has 192 valence electrons. The van der Waals surface area contributed by atoms with E-state index in [9.17, 15) is 14.0 Å². The third kappa shape index (κ3) is 5.30. The Kier molecular flexibility index (Phi) is 8.09. The van der Waals surface area contributed by atoms with Crippen molar-refractivity contribution in [1.82, 2.24) is 4.57 Å². The van der Waals surface area contributed by atoms with E-state index in [4.69, 9.17) is 14.2 Å². The number of nitrogens with zero attached hydrogens (tertiary/aromatic N) is 2. The first-order valence-electron chi connectivity index (χ1n) is 11.3. The van der Waals surface area contributed by atoms with Crippen molar-refractivity contribution in [2.24, 2.45) is 4.99 Å². The van der Waals surface area contributed by atoms with Crippen LogP contribution in [0.3, 0.4) is 0 Å². The highest BCUT2D eigenvalue weighted by atomic mass is 79.9. The van der Waals surface area contributed by atoms with Gasteiger partial charge in [0.05, 0.1) is 40.0 Å². The van der Waals surface area contributed by atoms with Gasteiger partial charge in [-0.05, 0) is 71.2 Å². The molecule has 7 nitrogen and oxygen atoms in total. The summed E-state index contributed by atoms with van der Waals surface area (Å²) in [6.45, 7) is 7.53. The minimum Gasteiger partial charge on any atom is -0.493 e. The van der Waals surface area contributed by atoms with E-state index in [0.29, 0.717) is 48.7 Å². The zero-order valence-corrected chi connectivity index (χ0v) is 22.8. The topological polar surface area (TPSA) is 79.1 Å². The van der Waals surface area contributed by atoms with Crippen molar-refractivity contribution >= 4 is 39.3 Å². The fourth-order valence-corrected chi connectivity index (χ4v) is 5.63. The highest BCUT2D eigenvalue weighted by Crippen LogP contribution is 2.37. The molecule has 2 aromatic carbocycles. The molecule has 37 heavy (non-hydrogen) atoms. The Bertz CT molecular complexity index is 1570. The minimum atomic E-state index is -0.811. The highest BCUT2D eigenvalue weighted by Gasteiger charge is 2.33. The minimum absolute atomic E-state index is 0.166. The second-order valence-corrected chi connectivity index (χ2v) is 9.85. The van der Waals surface area contributed by atoms with Crippen LogP contribution in [0, 0.1) is 5.82 Å². The molecule has 1 aliphatic heterocycles. The summed E-state index contributed by atoms with van der Waals surface area (Å²) >= 11 is 4.70. The van der Waals surface area contributed by atoms with E-state index in [-0.39, 0.29) is 17.7 Å². The van der Waals surface area contributed by atoms with Crippen molar-refractivity contribution < 1.29 is 23.4 Å². The summed E-state index contributed by atoms with van der Waals surface area (Å²) < 4.78 is 32.6. The monoisotopic (exact) mass is 586 g/mol. The van der Waals surface area contributed by atoms with Crippen LogP contribution in [-0.4, -0.2) is 30.9 Å². The quantitative estimate of drug-likeness (QED) is 0.291. The molecule has 0 aliphatic carbocycles. The van der Waals surface area contributed by atoms with Crippen LogP contribution in [0.2, 0.25) is 0 Å². The molecule has 0 fully saturated rings. The van der Waals surface area contributed by atoms with Crippen molar-refractivity contribution in [1.29, 1.82) is 0 Å². The number of allylic oxidation sites excluding steroid dienone is 1. The van der Waals surface area contributed by atoms with E-state index in [1.807, 2.05) is 6.07 Å². The Labute approximate surface area is 225 Å². The Morgan fingerprint density at radius 2 is 2.03 bits per heavy atom. The number of methoxy groups -OCH3 is 1. The molecule has 1 atom stereocenters. The van der Waals surface area contributed by atoms with E-state index < -0.39 is 17.8 Å². The number of fused-ring (bicyclic) bond motifs is 1. The van der Waals surface area contributed by atoms with Gasteiger partial charge in [0.1, 0.15) is 12.4 Å². The second-order valence-electron chi connectivity index (χ2n) is 7.99. The third-order valence-corrected chi connectivity index (χ3v) is 7.17. The molecule has 1 aromatic heterocycles. The van der Waals surface area contributed by atoms with Crippen molar-refractivity contribution in [3.8, 4) is 11.5 Å². The van der Waals surface area contributed by atoms with Gasteiger partial charge in [-0.25, -0.2) is 14.2 Å². The number of thiazole rings is 1. The van der Waals surface area contributed by atoms with E-state index in [1.54, 1.807) is 44.2 Å². The number of carbonyl (C=O) groups excluding carboxylic acids is 1. The lowest BCUT2D eigenvalue weighted by atomic mass is 9.96. The maximum absolute atomic E-state index is 13.7. The number of benzene rings is 2. The molecule has 0 bridgehead atoms. The molecule has 0 amide bonds. The van der Waals surface area contributed by atoms with Gasteiger partial charge in [0, 0.05) is 0 Å². The Morgan fingerprint density at radius 1 is 1.30 bits per heavy atom. The summed E-state index contributed by atoms with van der Waals surface area (Å²) in [6, 6.07) is 8.46. The average molecular weight is 587 g/mol. The van der Waals surface area contributed by atoms with Gasteiger partial charge in [0.25, 0.3) is 5.56 Å². The second kappa shape index (κ2) is 11.3. The molecule has 0 saturated carbocycles. The lowest BCUT2D eigenvalue weighted by Crippen LogP contribution is -2.39. The molecule has 0 unspecified atom stereocenters. The molecule has 4 rings (SSSR count). The van der Waals surface area contributed by atoms with E-state index in [1.165, 1.54) is 35.1 Å². The van der Waals surface area contributed by atoms with Crippen LogP contribution < -0.4 is 24.4 Å². The molecular weight excluding hydrogens is 563 g/mol. The van der Waals surface area contributed by atoms with Gasteiger partial charge < -0.3 is 14.2 Å². The number of halogens is 2. The number of rotatable bonds is 8. The molecule has 0 spiro atoms. The normalized spacial score (nSPS) is 15.2. The SMILES string of the molecule is C=CCOc1c(Br)cc(/C=c2\sc3n(c2=O)[C@H](c2ccc(F)cc2)C(C(=O)OCC)=C(C)N=3)cc1OC. The number of esters is 1. The molecule has 3 aromatic rings. The number of aromatic nitrogens is 1. The van der Waals surface area contributed by atoms with Gasteiger partial charge in [-0.15, -0.1) is 0 Å². The van der Waals surface area contributed by atoms with E-state index in [0.717, 1.165) is 0 Å². The van der Waals surface area contributed by atoms with Gasteiger partial charge >= 0.3 is 5.97 Å². The summed E-state index contributed by atoms with van der Waals surface area (Å²) in [5.41, 5.74) is 1.60. The van der Waals surface area contributed by atoms with Crippen LogP contribution >= 0.6 is 27.3 Å². The maximum Gasteiger partial charge on any atom is 0.338 e. The molecule has 0 saturated heterocycles. The molecule has 10 heteroatoms. The number of carbonyl (C=O) groups is 1. The van der Waals surface area contributed by atoms with Crippen LogP contribution in [0.1, 0.15) is 31.0 Å². The number of hydrogen-bond donors (Lipinski definition) is 0. The number of ether oxygens (including phenoxy) is 3. The molecule has 0 N–H and O–H groups in total. The van der Waals surface area contributed by atoms with Gasteiger partial charge in [-0.2, -0.15) is 0 Å². The fourth-order valence-electron chi connectivity index (χ4n) is 4.01. The van der Waals surface area contributed by atoms with Crippen molar-refractivity contribution in [3.05, 3.63) is 101 Å². The average Bonchev–Trinajstić information content (AvgIpc) is 3.17. The number of hydrogen-bond acceptors (Lipinski definition) is 7. The Morgan fingerprint density at radius 3 is 2.68 bits per heavy atom. The Hall–Kier alpha value is -3.50. The Balaban J connectivity index is 1.90. The summed E-state index contributed by atoms with van der Waals surface area (Å²) in [4.78, 5) is 31.6. The summed E-state index contributed by atoms with van der Waals surface area (Å²) in [7, 11) is 1.53. The van der Waals surface area contributed by atoms with Crippen LogP contribution in [-0.2, 0) is 9.53 Å². The lowest BCUT2D eigenvalue weighted by molar-refractivity contribution is -0.139. The summed E-state index contributed by atoms with van der Waals surface area (Å²) in [6.07, 6.45) is 3.35. The van der Waals surface area contributed by atoms with Gasteiger partial charge in [-0.1, -0.05) is 36.1 Å². The first kappa shape index (κ1) is 26.6. The van der Waals surface area contributed by atoms with Crippen LogP contribution in [0.15, 0.2) is 74.6 Å². The first-order valence-corrected chi connectivity index (χ1v) is 13.0. The lowest BCUT2D eigenvalue weighted by Gasteiger charge is -2.24. The zero-order valence-electron chi connectivity index (χ0n) is 20.4. The van der Waals surface area contributed by atoms with Crippen LogP contribution in [0.5, 0.6) is 11.5 Å². The highest BCUT2D eigenvalue weighted by molar-refractivity contribution is 9.10. The first-order chi connectivity index (χ1) is 17.8. The predicted octanol–water partition coefficient (Wildman–Crippen LogP) is 4.27. The smallest absolute Gasteiger partial charge is 0.338 e. The van der Waals surface area contributed by atoms with E-state index in [2.05, 4.69) is 27.5 Å². The molecule has 1 aliphatic rings. The maximum atomic E-state index is 13.7. The summed E-state index contributed by atoms with van der Waals surface area (Å²) in [5.74, 6) is 0.0117. The van der Waals surface area contributed by atoms with Crippen molar-refractivity contribution in [3.63, 3.8) is 0 Å². The third-order valence-electron chi connectivity index (χ3n) is 5.60. The standard InChI is InChI=1S/C27H24BrFN2O5S/c1-5-11-36-24-19(28)12-16(13-20(24)34-4)14-21-25(32)31-23(17-7-9-18(29)10-8-17)22(26(33)35-6-2)15(3)30-27(31)37-21/h5,7-10,12-14,23H,1,6,11H2,2-4H3/b21-14-/t23-/m1/s1. The molecular formula is C27H24BrFN2O5S. The van der Waals surface area contributed by atoms with Crippen molar-refractivity contribution in [2.75, 3.05) is 20.3 Å². The summed E-state index contributed by atoms with van der Waals surface area (Å²) in [5, 5.41) is 0. The zero-order chi connectivity index (χ0) is 26.7. The van der Waals surface area contributed by atoms with E-state index >= 15 is 0 Å². The largest absolute Gasteiger partial charge is 0.493 e. The predicted molar refractivity (Wildman–Crippen MR) is 143 cm³/mol.